The summed E-state index contributed by atoms with van der Waals surface area (Å²) in [6.07, 6.45) is 3.14. The van der Waals surface area contributed by atoms with Crippen molar-refractivity contribution in [1.82, 2.24) is 10.2 Å². The molecule has 228 valence electrons. The Morgan fingerprint density at radius 3 is 2.19 bits per heavy atom. The van der Waals surface area contributed by atoms with Crippen LogP contribution in [0, 0.1) is 0 Å². The number of ether oxygens (including phenoxy) is 4. The van der Waals surface area contributed by atoms with E-state index < -0.39 is 18.0 Å². The zero-order chi connectivity index (χ0) is 29.4. The molecule has 0 saturated carbocycles. The third-order valence-electron chi connectivity index (χ3n) is 8.29. The van der Waals surface area contributed by atoms with E-state index in [-0.39, 0.29) is 31.1 Å². The van der Waals surface area contributed by atoms with Gasteiger partial charge in [0, 0.05) is 63.8 Å². The topological polar surface area (TPSA) is 127 Å². The van der Waals surface area contributed by atoms with Crippen molar-refractivity contribution in [3.63, 3.8) is 0 Å². The number of aliphatic hydroxyl groups excluding tert-OH is 1. The van der Waals surface area contributed by atoms with E-state index >= 15 is 0 Å². The van der Waals surface area contributed by atoms with Crippen LogP contribution in [0.4, 0.5) is 0 Å². The number of aliphatic hydroxyl groups is 1. The van der Waals surface area contributed by atoms with E-state index in [0.29, 0.717) is 39.0 Å². The predicted molar refractivity (Wildman–Crippen MR) is 153 cm³/mol. The van der Waals surface area contributed by atoms with Gasteiger partial charge in [-0.25, -0.2) is 0 Å². The van der Waals surface area contributed by atoms with Gasteiger partial charge < -0.3 is 39.4 Å². The largest absolute Gasteiger partial charge is 0.481 e. The second-order valence-electron chi connectivity index (χ2n) is 11.4. The molecule has 3 aliphatic heterocycles. The summed E-state index contributed by atoms with van der Waals surface area (Å²) < 4.78 is 24.8. The van der Waals surface area contributed by atoms with Crippen molar-refractivity contribution in [2.45, 2.75) is 82.4 Å². The first-order valence-corrected chi connectivity index (χ1v) is 15.0. The monoisotopic (exact) mass is 582 g/mol. The van der Waals surface area contributed by atoms with Gasteiger partial charge >= 0.3 is 5.97 Å². The van der Waals surface area contributed by atoms with Crippen LogP contribution in [-0.2, 0) is 41.7 Å². The van der Waals surface area contributed by atoms with Gasteiger partial charge in [-0.2, -0.15) is 0 Å². The number of amides is 1. The Labute approximate surface area is 246 Å². The van der Waals surface area contributed by atoms with Gasteiger partial charge in [0.25, 0.3) is 0 Å². The number of carbonyl (C=O) groups is 2. The number of rotatable bonds is 12. The number of aliphatic carboxylic acids is 1. The number of unbranched alkanes of at least 4 members (excludes halogenated alkanes) is 1. The van der Waals surface area contributed by atoms with Crippen LogP contribution in [0.1, 0.15) is 79.6 Å². The van der Waals surface area contributed by atoms with Gasteiger partial charge in [0.05, 0.1) is 32.0 Å². The van der Waals surface area contributed by atoms with Crippen molar-refractivity contribution in [3.8, 4) is 0 Å². The molecule has 5 rings (SSSR count). The van der Waals surface area contributed by atoms with Crippen LogP contribution < -0.4 is 5.32 Å². The molecule has 0 aromatic heterocycles. The average Bonchev–Trinajstić information content (AvgIpc) is 3.47. The normalized spacial score (nSPS) is 24.1. The third kappa shape index (κ3) is 8.37. The third-order valence-corrected chi connectivity index (χ3v) is 8.29. The second kappa shape index (κ2) is 14.5. The summed E-state index contributed by atoms with van der Waals surface area (Å²) in [6.45, 7) is 4.31. The SMILES string of the molecule is O=C(O)CCCCC(=O)NCc1ccc([C@H]2O[C@@H](CN3CCC4(CC3)OCCO4)C[C@@H](c3ccc(CO)cc3)O2)cc1. The van der Waals surface area contributed by atoms with Crippen molar-refractivity contribution in [3.05, 3.63) is 70.8 Å². The summed E-state index contributed by atoms with van der Waals surface area (Å²) in [7, 11) is 0. The molecule has 3 heterocycles. The zero-order valence-electron chi connectivity index (χ0n) is 24.0. The van der Waals surface area contributed by atoms with E-state index in [1.807, 2.05) is 48.5 Å². The second-order valence-corrected chi connectivity index (χ2v) is 11.4. The lowest BCUT2D eigenvalue weighted by atomic mass is 9.98. The number of carboxylic acid groups (broad SMARTS) is 1. The summed E-state index contributed by atoms with van der Waals surface area (Å²) in [5.41, 5.74) is 3.78. The molecular weight excluding hydrogens is 540 g/mol. The molecule has 3 aliphatic rings. The molecule has 0 bridgehead atoms. The van der Waals surface area contributed by atoms with Gasteiger partial charge in [-0.1, -0.05) is 48.5 Å². The number of nitrogens with zero attached hydrogens (tertiary/aromatic N) is 1. The molecule has 1 spiro atoms. The number of nitrogens with one attached hydrogen (secondary N) is 1. The molecular formula is C32H42N2O8. The minimum atomic E-state index is -0.840. The minimum absolute atomic E-state index is 0.00156. The zero-order valence-corrected chi connectivity index (χ0v) is 24.0. The minimum Gasteiger partial charge on any atom is -0.481 e. The number of carboxylic acids is 1. The highest BCUT2D eigenvalue weighted by Gasteiger charge is 2.41. The fraction of sp³-hybridized carbons (Fsp3) is 0.562. The maximum Gasteiger partial charge on any atom is 0.303 e. The number of likely N-dealkylation sites (tertiary alicyclic amines) is 1. The number of hydrogen-bond acceptors (Lipinski definition) is 8. The van der Waals surface area contributed by atoms with E-state index in [9.17, 15) is 14.7 Å². The number of piperidine rings is 1. The summed E-state index contributed by atoms with van der Waals surface area (Å²) in [5.74, 6) is -1.34. The molecule has 1 amide bonds. The van der Waals surface area contributed by atoms with Gasteiger partial charge in [0.1, 0.15) is 0 Å². The molecule has 0 unspecified atom stereocenters. The Hall–Kier alpha value is -2.86. The van der Waals surface area contributed by atoms with Crippen LogP contribution in [0.25, 0.3) is 0 Å². The molecule has 3 N–H and O–H groups in total. The maximum absolute atomic E-state index is 12.1. The average molecular weight is 583 g/mol. The highest BCUT2D eigenvalue weighted by molar-refractivity contribution is 5.75. The Balaban J connectivity index is 1.19. The quantitative estimate of drug-likeness (QED) is 0.320. The fourth-order valence-corrected chi connectivity index (χ4v) is 5.83. The van der Waals surface area contributed by atoms with Crippen molar-refractivity contribution >= 4 is 11.9 Å². The van der Waals surface area contributed by atoms with Gasteiger partial charge in [-0.3, -0.25) is 9.59 Å². The first-order valence-electron chi connectivity index (χ1n) is 15.0. The van der Waals surface area contributed by atoms with E-state index in [0.717, 1.165) is 61.2 Å². The van der Waals surface area contributed by atoms with Crippen LogP contribution in [0.3, 0.4) is 0 Å². The van der Waals surface area contributed by atoms with E-state index in [4.69, 9.17) is 24.1 Å². The Morgan fingerprint density at radius 1 is 0.881 bits per heavy atom. The van der Waals surface area contributed by atoms with Gasteiger partial charge in [-0.15, -0.1) is 0 Å². The maximum atomic E-state index is 12.1. The molecule has 42 heavy (non-hydrogen) atoms. The predicted octanol–water partition coefficient (Wildman–Crippen LogP) is 3.82. The molecule has 10 nitrogen and oxygen atoms in total. The van der Waals surface area contributed by atoms with E-state index in [2.05, 4.69) is 10.2 Å². The van der Waals surface area contributed by atoms with E-state index in [1.54, 1.807) is 0 Å². The molecule has 2 aromatic rings. The van der Waals surface area contributed by atoms with Crippen molar-refractivity contribution in [1.29, 1.82) is 0 Å². The lowest BCUT2D eigenvalue weighted by molar-refractivity contribution is -0.255. The van der Waals surface area contributed by atoms with Gasteiger partial charge in [0.2, 0.25) is 5.91 Å². The first kappa shape index (κ1) is 30.6. The summed E-state index contributed by atoms with van der Waals surface area (Å²) in [5, 5.41) is 21.1. The smallest absolute Gasteiger partial charge is 0.303 e. The molecule has 3 atom stereocenters. The fourth-order valence-electron chi connectivity index (χ4n) is 5.83. The van der Waals surface area contributed by atoms with E-state index in [1.165, 1.54) is 0 Å². The van der Waals surface area contributed by atoms with Gasteiger partial charge in [-0.05, 0) is 29.5 Å². The molecule has 2 aromatic carbocycles. The first-order chi connectivity index (χ1) is 20.4. The molecule has 0 radical (unpaired) electrons. The van der Waals surface area contributed by atoms with Crippen LogP contribution >= 0.6 is 0 Å². The van der Waals surface area contributed by atoms with Crippen LogP contribution in [0.2, 0.25) is 0 Å². The summed E-state index contributed by atoms with van der Waals surface area (Å²) in [4.78, 5) is 25.2. The summed E-state index contributed by atoms with van der Waals surface area (Å²) in [6, 6.07) is 15.8. The lowest BCUT2D eigenvalue weighted by Crippen LogP contribution is -2.48. The van der Waals surface area contributed by atoms with Crippen molar-refractivity contribution in [2.75, 3.05) is 32.8 Å². The lowest BCUT2D eigenvalue weighted by Gasteiger charge is -2.41. The number of benzene rings is 2. The van der Waals surface area contributed by atoms with Crippen molar-refractivity contribution in [2.24, 2.45) is 0 Å². The number of hydrogen-bond donors (Lipinski definition) is 3. The van der Waals surface area contributed by atoms with Crippen LogP contribution in [-0.4, -0.2) is 71.7 Å². The molecule has 3 saturated heterocycles. The highest BCUT2D eigenvalue weighted by Crippen LogP contribution is 2.39. The highest BCUT2D eigenvalue weighted by atomic mass is 16.7. The van der Waals surface area contributed by atoms with Crippen LogP contribution in [0.5, 0.6) is 0 Å². The number of carbonyl (C=O) groups excluding carboxylic acids is 1. The summed E-state index contributed by atoms with van der Waals surface area (Å²) >= 11 is 0. The van der Waals surface area contributed by atoms with Crippen LogP contribution in [0.15, 0.2) is 48.5 Å². The molecule has 10 heteroatoms. The molecule has 0 aliphatic carbocycles. The Bertz CT molecular complexity index is 1160. The van der Waals surface area contributed by atoms with Gasteiger partial charge in [0.15, 0.2) is 12.1 Å². The Morgan fingerprint density at radius 2 is 1.52 bits per heavy atom. The van der Waals surface area contributed by atoms with Crippen molar-refractivity contribution < 1.29 is 38.7 Å². The molecule has 3 fully saturated rings. The standard InChI is InChI=1S/C32H42N2O8/c35-22-24-7-9-25(10-8-24)28-19-27(21-34-15-13-32(14-16-34)39-17-18-40-32)41-31(42-28)26-11-5-23(6-12-26)20-33-29(36)3-1-2-4-30(37)38/h5-12,27-28,31,35H,1-4,13-22H2,(H,33,36)(H,37,38)/t27-,28+,31+/m1/s1. The Kier molecular flexibility index (Phi) is 10.6.